The first-order chi connectivity index (χ1) is 27.7. The average Bonchev–Trinajstić information content (AvgIpc) is 4.00. The Labute approximate surface area is 339 Å². The summed E-state index contributed by atoms with van der Waals surface area (Å²) in [4.78, 5) is 68.0. The zero-order valence-corrected chi connectivity index (χ0v) is 34.7. The zero-order chi connectivity index (χ0) is 41.7. The summed E-state index contributed by atoms with van der Waals surface area (Å²) in [7, 11) is 2.56. The molecule has 310 valence electrons. The lowest BCUT2D eigenvalue weighted by molar-refractivity contribution is -0.135. The summed E-state index contributed by atoms with van der Waals surface area (Å²) in [5.74, 6) is 2.56. The number of carbonyl (C=O) groups excluding carboxylic acids is 4. The maximum absolute atomic E-state index is 13.6. The van der Waals surface area contributed by atoms with Crippen LogP contribution < -0.4 is 20.7 Å². The van der Waals surface area contributed by atoms with E-state index in [0.717, 1.165) is 83.1 Å². The predicted octanol–water partition coefficient (Wildman–Crippen LogP) is 6.76. The first kappa shape index (κ1) is 41.8. The van der Waals surface area contributed by atoms with Crippen molar-refractivity contribution in [3.63, 3.8) is 0 Å². The number of aromatic nitrogens is 4. The summed E-state index contributed by atoms with van der Waals surface area (Å²) in [6, 6.07) is 10.8. The number of nitrogens with zero attached hydrogens (tertiary/aromatic N) is 3. The van der Waals surface area contributed by atoms with Gasteiger partial charge < -0.3 is 45.0 Å². The standard InChI is InChI=1S/C43H56N8O7/c1-24(2)36(49-41(54)56-7)39(52)44-18-10-9-13-35-45-22-30(47-35)27-14-16-28-34(21-27)58-33-17-15-26(20-29(33)43(28,5)6)31-23-46-38(48-31)32-12-11-19-51(32)40(53)37(25(3)4)50-42(55)57-8/h14-17,20-25,32,36-37H,9-13,18-19H2,1-8H3,(H,44,52)(H,45,47)(H,46,48)(H,49,54)(H,50,55). The fraction of sp³-hybridized carbons (Fsp3) is 0.488. The lowest BCUT2D eigenvalue weighted by atomic mass is 9.75. The first-order valence-electron chi connectivity index (χ1n) is 20.0. The third-order valence-electron chi connectivity index (χ3n) is 11.2. The van der Waals surface area contributed by atoms with E-state index in [2.05, 4.69) is 73.8 Å². The van der Waals surface area contributed by atoms with Crippen LogP contribution in [0.4, 0.5) is 9.59 Å². The molecule has 2 aromatic heterocycles. The Balaban J connectivity index is 1.09. The van der Waals surface area contributed by atoms with Crippen LogP contribution in [0.2, 0.25) is 0 Å². The molecule has 3 unspecified atom stereocenters. The molecule has 2 aliphatic rings. The minimum Gasteiger partial charge on any atom is -0.457 e. The number of hydrogen-bond acceptors (Lipinski definition) is 9. The predicted molar refractivity (Wildman–Crippen MR) is 218 cm³/mol. The topological polar surface area (TPSA) is 193 Å². The molecule has 3 atom stereocenters. The third-order valence-corrected chi connectivity index (χ3v) is 11.2. The number of likely N-dealkylation sites (tertiary alicyclic amines) is 1. The van der Waals surface area contributed by atoms with Crippen molar-refractivity contribution in [2.45, 2.75) is 97.2 Å². The molecule has 58 heavy (non-hydrogen) atoms. The number of methoxy groups -OCH3 is 2. The summed E-state index contributed by atoms with van der Waals surface area (Å²) in [6.07, 6.45) is 6.29. The highest BCUT2D eigenvalue weighted by molar-refractivity contribution is 5.87. The number of carbonyl (C=O) groups is 4. The van der Waals surface area contributed by atoms with Gasteiger partial charge in [0.1, 0.15) is 35.2 Å². The average molecular weight is 797 g/mol. The Kier molecular flexibility index (Phi) is 12.8. The minimum absolute atomic E-state index is 0.0788. The molecule has 4 heterocycles. The molecule has 0 spiro atoms. The molecule has 15 heteroatoms. The van der Waals surface area contributed by atoms with Crippen molar-refractivity contribution >= 4 is 24.0 Å². The molecular weight excluding hydrogens is 741 g/mol. The number of unbranched alkanes of at least 4 members (excludes halogenated alkanes) is 1. The zero-order valence-electron chi connectivity index (χ0n) is 34.7. The number of hydrogen-bond donors (Lipinski definition) is 5. The number of rotatable bonds is 14. The maximum atomic E-state index is 13.6. The second-order valence-corrected chi connectivity index (χ2v) is 16.2. The molecule has 2 aromatic carbocycles. The molecule has 4 amide bonds. The lowest BCUT2D eigenvalue weighted by Gasteiger charge is -2.35. The quantitative estimate of drug-likeness (QED) is 0.0858. The fourth-order valence-electron chi connectivity index (χ4n) is 7.77. The molecule has 0 saturated carbocycles. The first-order valence-corrected chi connectivity index (χ1v) is 20.0. The summed E-state index contributed by atoms with van der Waals surface area (Å²) in [6.45, 7) is 13.0. The molecule has 5 N–H and O–H groups in total. The van der Waals surface area contributed by atoms with Crippen LogP contribution in [-0.4, -0.2) is 88.2 Å². The molecule has 15 nitrogen and oxygen atoms in total. The second-order valence-electron chi connectivity index (χ2n) is 16.2. The largest absolute Gasteiger partial charge is 0.457 e. The third kappa shape index (κ3) is 8.98. The Hall–Kier alpha value is -5.86. The van der Waals surface area contributed by atoms with Gasteiger partial charge in [-0.25, -0.2) is 19.6 Å². The van der Waals surface area contributed by atoms with Crippen LogP contribution in [0.25, 0.3) is 22.5 Å². The highest BCUT2D eigenvalue weighted by Gasteiger charge is 2.38. The van der Waals surface area contributed by atoms with Gasteiger partial charge in [0.25, 0.3) is 0 Å². The van der Waals surface area contributed by atoms with Crippen molar-refractivity contribution < 1.29 is 33.4 Å². The van der Waals surface area contributed by atoms with Crippen molar-refractivity contribution in [1.29, 1.82) is 0 Å². The van der Waals surface area contributed by atoms with Crippen LogP contribution in [0.5, 0.6) is 11.5 Å². The molecule has 0 radical (unpaired) electrons. The van der Waals surface area contributed by atoms with Gasteiger partial charge in [0, 0.05) is 47.2 Å². The van der Waals surface area contributed by atoms with Gasteiger partial charge in [0.15, 0.2) is 0 Å². The minimum atomic E-state index is -0.700. The highest BCUT2D eigenvalue weighted by Crippen LogP contribution is 2.49. The molecule has 6 rings (SSSR count). The van der Waals surface area contributed by atoms with Crippen molar-refractivity contribution in [3.8, 4) is 34.0 Å². The monoisotopic (exact) mass is 796 g/mol. The Morgan fingerprint density at radius 3 is 2.21 bits per heavy atom. The molecule has 0 aliphatic carbocycles. The van der Waals surface area contributed by atoms with E-state index in [-0.39, 0.29) is 35.1 Å². The van der Waals surface area contributed by atoms with Crippen LogP contribution in [0.3, 0.4) is 0 Å². The van der Waals surface area contributed by atoms with Crippen molar-refractivity contribution in [1.82, 2.24) is 40.8 Å². The van der Waals surface area contributed by atoms with E-state index in [1.807, 2.05) is 57.1 Å². The number of benzene rings is 2. The van der Waals surface area contributed by atoms with Gasteiger partial charge in [-0.15, -0.1) is 0 Å². The fourth-order valence-corrected chi connectivity index (χ4v) is 7.77. The summed E-state index contributed by atoms with van der Waals surface area (Å²) < 4.78 is 16.0. The van der Waals surface area contributed by atoms with E-state index in [0.29, 0.717) is 18.9 Å². The molecule has 2 aliphatic heterocycles. The van der Waals surface area contributed by atoms with Crippen molar-refractivity contribution in [2.75, 3.05) is 27.3 Å². The van der Waals surface area contributed by atoms with Crippen LogP contribution in [0, 0.1) is 11.8 Å². The Bertz CT molecular complexity index is 2120. The molecular formula is C43H56N8O7. The molecule has 1 saturated heterocycles. The van der Waals surface area contributed by atoms with E-state index < -0.39 is 24.3 Å². The lowest BCUT2D eigenvalue weighted by Crippen LogP contribution is -2.51. The van der Waals surface area contributed by atoms with E-state index >= 15 is 0 Å². The Morgan fingerprint density at radius 1 is 0.845 bits per heavy atom. The number of ether oxygens (including phenoxy) is 3. The van der Waals surface area contributed by atoms with Gasteiger partial charge >= 0.3 is 12.2 Å². The number of nitrogens with one attached hydrogen (secondary N) is 5. The molecule has 4 aromatic rings. The summed E-state index contributed by atoms with van der Waals surface area (Å²) in [5.41, 5.74) is 5.40. The molecule has 0 bridgehead atoms. The number of imidazole rings is 2. The van der Waals surface area contributed by atoms with Gasteiger partial charge in [-0.05, 0) is 61.8 Å². The summed E-state index contributed by atoms with van der Waals surface area (Å²) >= 11 is 0. The van der Waals surface area contributed by atoms with E-state index in [4.69, 9.17) is 14.5 Å². The van der Waals surface area contributed by atoms with Crippen LogP contribution in [0.15, 0.2) is 48.8 Å². The number of H-pyrrole nitrogens is 2. The Morgan fingerprint density at radius 2 is 1.50 bits per heavy atom. The molecule has 1 fully saturated rings. The number of aromatic amines is 2. The maximum Gasteiger partial charge on any atom is 0.407 e. The number of amides is 4. The van der Waals surface area contributed by atoms with Crippen molar-refractivity contribution in [2.24, 2.45) is 11.8 Å². The second kappa shape index (κ2) is 17.7. The number of fused-ring (bicyclic) bond motifs is 2. The summed E-state index contributed by atoms with van der Waals surface area (Å²) in [5, 5.41) is 8.20. The van der Waals surface area contributed by atoms with Crippen LogP contribution in [0.1, 0.15) is 96.0 Å². The van der Waals surface area contributed by atoms with Gasteiger partial charge in [-0.1, -0.05) is 53.7 Å². The number of aryl methyl sites for hydroxylation is 1. The van der Waals surface area contributed by atoms with Crippen LogP contribution in [-0.2, 0) is 30.9 Å². The van der Waals surface area contributed by atoms with Gasteiger partial charge in [0.05, 0.1) is 44.0 Å². The smallest absolute Gasteiger partial charge is 0.407 e. The van der Waals surface area contributed by atoms with E-state index in [9.17, 15) is 19.2 Å². The van der Waals surface area contributed by atoms with E-state index in [1.165, 1.54) is 14.2 Å². The van der Waals surface area contributed by atoms with Gasteiger partial charge in [-0.2, -0.15) is 0 Å². The van der Waals surface area contributed by atoms with Crippen LogP contribution >= 0.6 is 0 Å². The van der Waals surface area contributed by atoms with Gasteiger partial charge in [0.2, 0.25) is 11.8 Å². The van der Waals surface area contributed by atoms with Gasteiger partial charge in [-0.3, -0.25) is 9.59 Å². The van der Waals surface area contributed by atoms with Crippen molar-refractivity contribution in [3.05, 3.63) is 71.6 Å². The normalized spacial score (nSPS) is 16.5. The highest BCUT2D eigenvalue weighted by atomic mass is 16.5. The van der Waals surface area contributed by atoms with E-state index in [1.54, 1.807) is 0 Å². The number of alkyl carbamates (subject to hydrolysis) is 2. The SMILES string of the molecule is COC(=O)NC(C(=O)NCCCCc1ncc(-c2ccc3c(c2)Oc2ccc(-c4cnc(C5CCCN5C(=O)C(NC(=O)OC)C(C)C)[nH]4)cc2C3(C)C)[nH]1)C(C)C.